The number of amidine groups is 1. The Morgan fingerprint density at radius 1 is 1.33 bits per heavy atom. The van der Waals surface area contributed by atoms with Crippen molar-refractivity contribution in [2.45, 2.75) is 18.9 Å². The lowest BCUT2D eigenvalue weighted by Gasteiger charge is -2.30. The molecule has 0 saturated carbocycles. The Labute approximate surface area is 105 Å². The lowest BCUT2D eigenvalue weighted by Crippen LogP contribution is -2.25. The predicted molar refractivity (Wildman–Crippen MR) is 69.8 cm³/mol. The molecule has 0 spiro atoms. The molecular formula is C14H15N3O. The van der Waals surface area contributed by atoms with Gasteiger partial charge < -0.3 is 15.5 Å². The molecule has 1 atom stereocenters. The molecule has 92 valence electrons. The number of oxime groups is 1. The Hall–Kier alpha value is -2.23. The standard InChI is InChI=1S/C14H15N3O/c15-14(16-18)13-6-3-7-17(13)9-11-8-10-4-1-2-5-12(10)11/h1-7,11,18H,8-9H2,(H2,15,16). The summed E-state index contributed by atoms with van der Waals surface area (Å²) < 4.78 is 2.04. The number of fused-ring (bicyclic) bond motifs is 1. The van der Waals surface area contributed by atoms with Crippen LogP contribution >= 0.6 is 0 Å². The Morgan fingerprint density at radius 3 is 2.94 bits per heavy atom. The van der Waals surface area contributed by atoms with E-state index in [1.54, 1.807) is 0 Å². The first kappa shape index (κ1) is 10.9. The van der Waals surface area contributed by atoms with E-state index in [2.05, 4.69) is 29.4 Å². The molecule has 1 heterocycles. The molecule has 0 saturated heterocycles. The van der Waals surface area contributed by atoms with Crippen molar-refractivity contribution in [1.29, 1.82) is 0 Å². The lowest BCUT2D eigenvalue weighted by atomic mass is 9.77. The molecule has 1 aliphatic carbocycles. The van der Waals surface area contributed by atoms with Gasteiger partial charge in [-0.1, -0.05) is 29.4 Å². The van der Waals surface area contributed by atoms with Gasteiger partial charge in [0.1, 0.15) is 0 Å². The number of nitrogens with two attached hydrogens (primary N) is 1. The second-order valence-corrected chi connectivity index (χ2v) is 4.63. The summed E-state index contributed by atoms with van der Waals surface area (Å²) in [5.74, 6) is 0.687. The molecular weight excluding hydrogens is 226 g/mol. The summed E-state index contributed by atoms with van der Waals surface area (Å²) in [6, 6.07) is 12.3. The van der Waals surface area contributed by atoms with Crippen molar-refractivity contribution in [3.05, 3.63) is 59.4 Å². The van der Waals surface area contributed by atoms with E-state index >= 15 is 0 Å². The van der Waals surface area contributed by atoms with Crippen molar-refractivity contribution in [3.63, 3.8) is 0 Å². The van der Waals surface area contributed by atoms with Gasteiger partial charge in [0.2, 0.25) is 0 Å². The van der Waals surface area contributed by atoms with E-state index in [-0.39, 0.29) is 5.84 Å². The molecule has 3 N–H and O–H groups in total. The second-order valence-electron chi connectivity index (χ2n) is 4.63. The Morgan fingerprint density at radius 2 is 2.17 bits per heavy atom. The number of hydrogen-bond acceptors (Lipinski definition) is 2. The van der Waals surface area contributed by atoms with E-state index in [1.165, 1.54) is 11.1 Å². The molecule has 2 aromatic rings. The van der Waals surface area contributed by atoms with Gasteiger partial charge >= 0.3 is 0 Å². The van der Waals surface area contributed by atoms with Crippen LogP contribution in [0.4, 0.5) is 0 Å². The maximum atomic E-state index is 8.74. The molecule has 1 aromatic carbocycles. The average Bonchev–Trinajstić information content (AvgIpc) is 2.83. The Kier molecular flexibility index (Phi) is 2.55. The maximum absolute atomic E-state index is 8.74. The lowest BCUT2D eigenvalue weighted by molar-refractivity contribution is 0.318. The van der Waals surface area contributed by atoms with Crippen molar-refractivity contribution in [2.24, 2.45) is 10.9 Å². The summed E-state index contributed by atoms with van der Waals surface area (Å²) in [7, 11) is 0. The average molecular weight is 241 g/mol. The van der Waals surface area contributed by atoms with E-state index in [0.29, 0.717) is 5.92 Å². The molecule has 4 nitrogen and oxygen atoms in total. The maximum Gasteiger partial charge on any atom is 0.186 e. The van der Waals surface area contributed by atoms with Crippen LogP contribution in [0.2, 0.25) is 0 Å². The SMILES string of the molecule is N/C(=N/O)c1cccn1CC1Cc2ccccc21. The molecule has 1 unspecified atom stereocenters. The molecule has 1 aliphatic rings. The van der Waals surface area contributed by atoms with Crippen LogP contribution in [0.15, 0.2) is 47.8 Å². The van der Waals surface area contributed by atoms with Crippen molar-refractivity contribution in [3.8, 4) is 0 Å². The van der Waals surface area contributed by atoms with Gasteiger partial charge in [0.15, 0.2) is 5.84 Å². The fraction of sp³-hybridized carbons (Fsp3) is 0.214. The van der Waals surface area contributed by atoms with Gasteiger partial charge in [0, 0.05) is 18.7 Å². The third kappa shape index (κ3) is 1.66. The van der Waals surface area contributed by atoms with Crippen LogP contribution in [-0.4, -0.2) is 15.6 Å². The molecule has 0 radical (unpaired) electrons. The summed E-state index contributed by atoms with van der Waals surface area (Å²) in [4.78, 5) is 0. The van der Waals surface area contributed by atoms with Crippen LogP contribution in [0.25, 0.3) is 0 Å². The first-order valence-corrected chi connectivity index (χ1v) is 6.00. The molecule has 0 aliphatic heterocycles. The van der Waals surface area contributed by atoms with Crippen molar-refractivity contribution in [1.82, 2.24) is 4.57 Å². The number of rotatable bonds is 3. The molecule has 0 fully saturated rings. The Bertz CT molecular complexity index is 601. The number of benzene rings is 1. The highest BCUT2D eigenvalue weighted by Crippen LogP contribution is 2.36. The van der Waals surface area contributed by atoms with Gasteiger partial charge in [0.25, 0.3) is 0 Å². The van der Waals surface area contributed by atoms with E-state index in [1.807, 2.05) is 22.9 Å². The fourth-order valence-electron chi connectivity index (χ4n) is 2.62. The minimum atomic E-state index is 0.160. The first-order valence-electron chi connectivity index (χ1n) is 6.00. The van der Waals surface area contributed by atoms with Gasteiger partial charge in [-0.05, 0) is 29.7 Å². The highest BCUT2D eigenvalue weighted by atomic mass is 16.4. The smallest absolute Gasteiger partial charge is 0.186 e. The van der Waals surface area contributed by atoms with Crippen LogP contribution in [0.5, 0.6) is 0 Å². The number of aromatic nitrogens is 1. The van der Waals surface area contributed by atoms with Crippen LogP contribution in [-0.2, 0) is 13.0 Å². The van der Waals surface area contributed by atoms with Gasteiger partial charge in [-0.25, -0.2) is 0 Å². The van der Waals surface area contributed by atoms with E-state index < -0.39 is 0 Å². The van der Waals surface area contributed by atoms with Gasteiger partial charge in [-0.15, -0.1) is 0 Å². The zero-order chi connectivity index (χ0) is 12.5. The molecule has 3 rings (SSSR count). The quantitative estimate of drug-likeness (QED) is 0.373. The molecule has 0 amide bonds. The van der Waals surface area contributed by atoms with E-state index in [9.17, 15) is 0 Å². The minimum Gasteiger partial charge on any atom is -0.409 e. The van der Waals surface area contributed by atoms with Crippen LogP contribution < -0.4 is 5.73 Å². The van der Waals surface area contributed by atoms with Gasteiger partial charge in [-0.3, -0.25) is 0 Å². The van der Waals surface area contributed by atoms with Crippen molar-refractivity contribution in [2.75, 3.05) is 0 Å². The number of hydrogen-bond donors (Lipinski definition) is 2. The van der Waals surface area contributed by atoms with E-state index in [0.717, 1.165) is 18.7 Å². The highest BCUT2D eigenvalue weighted by Gasteiger charge is 2.26. The second kappa shape index (κ2) is 4.22. The molecule has 4 heteroatoms. The van der Waals surface area contributed by atoms with Crippen LogP contribution in [0, 0.1) is 0 Å². The summed E-state index contributed by atoms with van der Waals surface area (Å²) in [5, 5.41) is 11.8. The van der Waals surface area contributed by atoms with Gasteiger partial charge in [0.05, 0.1) is 5.69 Å². The zero-order valence-corrected chi connectivity index (χ0v) is 9.95. The predicted octanol–water partition coefficient (Wildman–Crippen LogP) is 1.92. The minimum absolute atomic E-state index is 0.160. The monoisotopic (exact) mass is 241 g/mol. The normalized spacial score (nSPS) is 18.2. The summed E-state index contributed by atoms with van der Waals surface area (Å²) >= 11 is 0. The largest absolute Gasteiger partial charge is 0.409 e. The van der Waals surface area contributed by atoms with Crippen LogP contribution in [0.1, 0.15) is 22.7 Å². The summed E-state index contributed by atoms with van der Waals surface area (Å²) in [6.45, 7) is 0.871. The Balaban J connectivity index is 1.82. The topological polar surface area (TPSA) is 63.5 Å². The third-order valence-electron chi connectivity index (χ3n) is 3.58. The van der Waals surface area contributed by atoms with Gasteiger partial charge in [-0.2, -0.15) is 0 Å². The number of nitrogens with zero attached hydrogens (tertiary/aromatic N) is 2. The van der Waals surface area contributed by atoms with E-state index in [4.69, 9.17) is 10.9 Å². The third-order valence-corrected chi connectivity index (χ3v) is 3.58. The van der Waals surface area contributed by atoms with Crippen molar-refractivity contribution < 1.29 is 5.21 Å². The summed E-state index contributed by atoms with van der Waals surface area (Å²) in [5.41, 5.74) is 9.26. The molecule has 1 aromatic heterocycles. The first-order chi connectivity index (χ1) is 8.79. The fourth-order valence-corrected chi connectivity index (χ4v) is 2.62. The summed E-state index contributed by atoms with van der Waals surface area (Å²) in [6.07, 6.45) is 3.07. The zero-order valence-electron chi connectivity index (χ0n) is 9.95. The van der Waals surface area contributed by atoms with Crippen LogP contribution in [0.3, 0.4) is 0 Å². The highest BCUT2D eigenvalue weighted by molar-refractivity contribution is 5.95. The molecule has 0 bridgehead atoms. The molecule has 18 heavy (non-hydrogen) atoms. The van der Waals surface area contributed by atoms with Crippen molar-refractivity contribution >= 4 is 5.84 Å².